The summed E-state index contributed by atoms with van der Waals surface area (Å²) in [7, 11) is 0. The molecular weight excluding hydrogens is 204 g/mol. The van der Waals surface area contributed by atoms with E-state index in [9.17, 15) is 9.90 Å². The first kappa shape index (κ1) is 11.1. The van der Waals surface area contributed by atoms with Crippen molar-refractivity contribution in [1.29, 1.82) is 0 Å². The summed E-state index contributed by atoms with van der Waals surface area (Å²) in [4.78, 5) is 10.9. The number of hydrogen-bond acceptors (Lipinski definition) is 2. The van der Waals surface area contributed by atoms with Crippen molar-refractivity contribution in [2.24, 2.45) is 0 Å². The molecule has 0 saturated heterocycles. The Kier molecular flexibility index (Phi) is 2.97. The molecule has 0 saturated carbocycles. The van der Waals surface area contributed by atoms with E-state index in [0.717, 1.165) is 24.0 Å². The number of carbonyl (C=O) groups is 1. The van der Waals surface area contributed by atoms with Gasteiger partial charge in [-0.15, -0.1) is 0 Å². The van der Waals surface area contributed by atoms with E-state index in [1.54, 1.807) is 6.92 Å². The minimum absolute atomic E-state index is 0.241. The smallest absolute Gasteiger partial charge is 0.310 e. The molecule has 0 radical (unpaired) electrons. The standard InChI is InChI=1S/C13H16O3/c1-8(13(15)16)9-2-3-11-7-12(14)5-4-10(11)6-9/h2-3,6,8,12,14H,4-5,7H2,1H3,(H,15,16)/t8-,12?/m0/s1. The molecule has 1 unspecified atom stereocenters. The molecule has 2 rings (SSSR count). The van der Waals surface area contributed by atoms with E-state index in [4.69, 9.17) is 5.11 Å². The molecule has 1 aromatic rings. The maximum absolute atomic E-state index is 10.9. The van der Waals surface area contributed by atoms with Crippen LogP contribution in [0.25, 0.3) is 0 Å². The number of rotatable bonds is 2. The summed E-state index contributed by atoms with van der Waals surface area (Å²) in [6.07, 6.45) is 2.07. The van der Waals surface area contributed by atoms with Crippen LogP contribution in [-0.4, -0.2) is 22.3 Å². The van der Waals surface area contributed by atoms with Gasteiger partial charge in [-0.3, -0.25) is 4.79 Å². The third-order valence-electron chi connectivity index (χ3n) is 3.30. The van der Waals surface area contributed by atoms with E-state index in [1.165, 1.54) is 5.56 Å². The van der Waals surface area contributed by atoms with Gasteiger partial charge in [-0.1, -0.05) is 18.2 Å². The van der Waals surface area contributed by atoms with Crippen molar-refractivity contribution in [3.8, 4) is 0 Å². The molecule has 1 aromatic carbocycles. The number of aliphatic hydroxyl groups is 1. The van der Waals surface area contributed by atoms with Crippen LogP contribution in [0.4, 0.5) is 0 Å². The van der Waals surface area contributed by atoms with Crippen molar-refractivity contribution in [2.75, 3.05) is 0 Å². The highest BCUT2D eigenvalue weighted by molar-refractivity contribution is 5.75. The number of fused-ring (bicyclic) bond motifs is 1. The second kappa shape index (κ2) is 4.26. The fourth-order valence-electron chi connectivity index (χ4n) is 2.17. The maximum atomic E-state index is 10.9. The number of aryl methyl sites for hydroxylation is 1. The first-order valence-corrected chi connectivity index (χ1v) is 5.60. The highest BCUT2D eigenvalue weighted by atomic mass is 16.4. The molecule has 0 aromatic heterocycles. The van der Waals surface area contributed by atoms with Gasteiger partial charge in [0.25, 0.3) is 0 Å². The zero-order valence-corrected chi connectivity index (χ0v) is 9.31. The predicted octanol–water partition coefficient (Wildman–Crippen LogP) is 1.72. The van der Waals surface area contributed by atoms with Crippen molar-refractivity contribution < 1.29 is 15.0 Å². The van der Waals surface area contributed by atoms with Gasteiger partial charge < -0.3 is 10.2 Å². The quantitative estimate of drug-likeness (QED) is 0.798. The summed E-state index contributed by atoms with van der Waals surface area (Å²) in [6.45, 7) is 1.70. The molecule has 3 nitrogen and oxygen atoms in total. The Bertz CT molecular complexity index is 412. The number of carboxylic acid groups (broad SMARTS) is 1. The highest BCUT2D eigenvalue weighted by Crippen LogP contribution is 2.25. The van der Waals surface area contributed by atoms with Crippen molar-refractivity contribution in [1.82, 2.24) is 0 Å². The minimum atomic E-state index is -0.796. The normalized spacial score (nSPS) is 21.2. The lowest BCUT2D eigenvalue weighted by Gasteiger charge is -2.21. The Morgan fingerprint density at radius 1 is 1.44 bits per heavy atom. The molecule has 0 amide bonds. The first-order chi connectivity index (χ1) is 7.58. The van der Waals surface area contributed by atoms with E-state index in [-0.39, 0.29) is 6.10 Å². The number of carboxylic acids is 1. The van der Waals surface area contributed by atoms with E-state index in [1.807, 2.05) is 18.2 Å². The van der Waals surface area contributed by atoms with Crippen LogP contribution in [0.3, 0.4) is 0 Å². The summed E-state index contributed by atoms with van der Waals surface area (Å²) in [5, 5.41) is 18.5. The van der Waals surface area contributed by atoms with Crippen molar-refractivity contribution in [3.63, 3.8) is 0 Å². The Balaban J connectivity index is 2.29. The van der Waals surface area contributed by atoms with E-state index >= 15 is 0 Å². The Morgan fingerprint density at radius 2 is 2.19 bits per heavy atom. The van der Waals surface area contributed by atoms with Crippen LogP contribution in [-0.2, 0) is 17.6 Å². The summed E-state index contributed by atoms with van der Waals surface area (Å²) in [6, 6.07) is 5.78. The lowest BCUT2D eigenvalue weighted by Crippen LogP contribution is -2.19. The second-order valence-corrected chi connectivity index (χ2v) is 4.48. The predicted molar refractivity (Wildman–Crippen MR) is 60.5 cm³/mol. The van der Waals surface area contributed by atoms with Gasteiger partial charge in [0, 0.05) is 0 Å². The van der Waals surface area contributed by atoms with E-state index in [0.29, 0.717) is 6.42 Å². The van der Waals surface area contributed by atoms with Crippen LogP contribution in [0.1, 0.15) is 36.0 Å². The molecule has 0 bridgehead atoms. The Hall–Kier alpha value is -1.35. The van der Waals surface area contributed by atoms with E-state index in [2.05, 4.69) is 0 Å². The van der Waals surface area contributed by atoms with Gasteiger partial charge in [-0.2, -0.15) is 0 Å². The number of aliphatic carboxylic acids is 1. The van der Waals surface area contributed by atoms with Crippen molar-refractivity contribution in [2.45, 2.75) is 38.2 Å². The molecule has 16 heavy (non-hydrogen) atoms. The fourth-order valence-corrected chi connectivity index (χ4v) is 2.17. The number of benzene rings is 1. The second-order valence-electron chi connectivity index (χ2n) is 4.48. The van der Waals surface area contributed by atoms with Gasteiger partial charge in [0.1, 0.15) is 0 Å². The molecule has 0 heterocycles. The molecule has 2 N–H and O–H groups in total. The first-order valence-electron chi connectivity index (χ1n) is 5.60. The van der Waals surface area contributed by atoms with Crippen molar-refractivity contribution >= 4 is 5.97 Å². The molecule has 86 valence electrons. The average molecular weight is 220 g/mol. The van der Waals surface area contributed by atoms with Crippen LogP contribution in [0, 0.1) is 0 Å². The monoisotopic (exact) mass is 220 g/mol. The number of hydrogen-bond donors (Lipinski definition) is 2. The van der Waals surface area contributed by atoms with Gasteiger partial charge >= 0.3 is 5.97 Å². The van der Waals surface area contributed by atoms with Crippen LogP contribution in [0.2, 0.25) is 0 Å². The van der Waals surface area contributed by atoms with Gasteiger partial charge in [0.15, 0.2) is 0 Å². The Labute approximate surface area is 94.7 Å². The minimum Gasteiger partial charge on any atom is -0.481 e. The summed E-state index contributed by atoms with van der Waals surface area (Å²) in [5.41, 5.74) is 3.19. The van der Waals surface area contributed by atoms with Gasteiger partial charge in [-0.25, -0.2) is 0 Å². The lowest BCUT2D eigenvalue weighted by atomic mass is 9.87. The molecular formula is C13H16O3. The van der Waals surface area contributed by atoms with Crippen LogP contribution in [0.5, 0.6) is 0 Å². The van der Waals surface area contributed by atoms with Crippen LogP contribution >= 0.6 is 0 Å². The zero-order chi connectivity index (χ0) is 11.7. The van der Waals surface area contributed by atoms with Gasteiger partial charge in [0.2, 0.25) is 0 Å². The topological polar surface area (TPSA) is 57.5 Å². The zero-order valence-electron chi connectivity index (χ0n) is 9.31. The summed E-state index contributed by atoms with van der Waals surface area (Å²) < 4.78 is 0. The molecule has 1 aliphatic rings. The largest absolute Gasteiger partial charge is 0.481 e. The number of aliphatic hydroxyl groups excluding tert-OH is 1. The third kappa shape index (κ3) is 2.09. The maximum Gasteiger partial charge on any atom is 0.310 e. The molecule has 1 aliphatic carbocycles. The highest BCUT2D eigenvalue weighted by Gasteiger charge is 2.19. The molecule has 0 fully saturated rings. The Morgan fingerprint density at radius 3 is 2.88 bits per heavy atom. The summed E-state index contributed by atoms with van der Waals surface area (Å²) >= 11 is 0. The SMILES string of the molecule is C[C@H](C(=O)O)c1ccc2c(c1)CCC(O)C2. The summed E-state index contributed by atoms with van der Waals surface area (Å²) in [5.74, 6) is -1.26. The fraction of sp³-hybridized carbons (Fsp3) is 0.462. The van der Waals surface area contributed by atoms with Crippen LogP contribution in [0.15, 0.2) is 18.2 Å². The molecule has 2 atom stereocenters. The molecule has 0 aliphatic heterocycles. The van der Waals surface area contributed by atoms with Crippen molar-refractivity contribution in [3.05, 3.63) is 34.9 Å². The van der Waals surface area contributed by atoms with Crippen LogP contribution < -0.4 is 0 Å². The van der Waals surface area contributed by atoms with Gasteiger partial charge in [0.05, 0.1) is 12.0 Å². The molecule has 3 heteroatoms. The molecule has 0 spiro atoms. The van der Waals surface area contributed by atoms with E-state index < -0.39 is 11.9 Å². The third-order valence-corrected chi connectivity index (χ3v) is 3.30. The van der Waals surface area contributed by atoms with Gasteiger partial charge in [-0.05, 0) is 42.9 Å². The average Bonchev–Trinajstić information content (AvgIpc) is 2.27. The lowest BCUT2D eigenvalue weighted by molar-refractivity contribution is -0.138.